The Kier molecular flexibility index (Phi) is 41.6. The molecule has 15 nitrogen and oxygen atoms in total. The van der Waals surface area contributed by atoms with E-state index in [1.54, 1.807) is 32.5 Å². The highest BCUT2D eigenvalue weighted by Crippen LogP contribution is 2.27. The molecule has 0 radical (unpaired) electrons. The first kappa shape index (κ1) is 71.7. The van der Waals surface area contributed by atoms with E-state index in [9.17, 15) is 9.59 Å². The summed E-state index contributed by atoms with van der Waals surface area (Å²) in [6.45, 7) is 25.4. The second kappa shape index (κ2) is 34.8. The monoisotopic (exact) mass is 952 g/mol. The number of allylic oxidation sites excluding steroid dienone is 1. The van der Waals surface area contributed by atoms with Gasteiger partial charge in [-0.3, -0.25) is 24.8 Å². The molecular formula is C40H81Cl5N12O3. The first-order valence-corrected chi connectivity index (χ1v) is 19.6. The zero-order valence-electron chi connectivity index (χ0n) is 39.1. The molecule has 2 aromatic rings. The number of guanidine groups is 1. The number of ether oxygens (including phenoxy) is 1. The highest BCUT2D eigenvalue weighted by Gasteiger charge is 2.20. The van der Waals surface area contributed by atoms with Gasteiger partial charge in [0.15, 0.2) is 22.4 Å². The highest BCUT2D eigenvalue weighted by molar-refractivity contribution is 6.63. The van der Waals surface area contributed by atoms with Crippen LogP contribution in [0.5, 0.6) is 0 Å². The van der Waals surface area contributed by atoms with Gasteiger partial charge < -0.3 is 32.6 Å². The van der Waals surface area contributed by atoms with E-state index in [1.807, 2.05) is 125 Å². The number of hydrogen-bond donors (Lipinski definition) is 5. The molecule has 0 atom stereocenters. The van der Waals surface area contributed by atoms with Crippen LogP contribution in [0.4, 0.5) is 11.9 Å². The Morgan fingerprint density at radius 2 is 1.15 bits per heavy atom. The Bertz CT molecular complexity index is 1460. The van der Waals surface area contributed by atoms with Crippen LogP contribution in [0.3, 0.4) is 0 Å². The maximum Gasteiger partial charge on any atom is 0.220 e. The smallest absolute Gasteiger partial charge is 0.220 e. The lowest BCUT2D eigenvalue weighted by atomic mass is 9.91. The number of aromatic nitrogens is 4. The van der Waals surface area contributed by atoms with Crippen molar-refractivity contribution in [2.75, 3.05) is 60.9 Å². The largest absolute Gasteiger partial charge is 0.383 e. The van der Waals surface area contributed by atoms with Crippen molar-refractivity contribution in [3.05, 3.63) is 47.1 Å². The predicted octanol–water partition coefficient (Wildman–Crippen LogP) is 8.59. The number of nitrogens with two attached hydrogens (primary N) is 4. The van der Waals surface area contributed by atoms with Crippen LogP contribution in [-0.2, 0) is 25.2 Å². The number of nitrogens with zero attached hydrogens (tertiary/aromatic N) is 7. The minimum Gasteiger partial charge on any atom is -0.383 e. The van der Waals surface area contributed by atoms with Crippen molar-refractivity contribution < 1.29 is 14.3 Å². The van der Waals surface area contributed by atoms with Gasteiger partial charge in [-0.2, -0.15) is 0 Å². The molecule has 354 valence electrons. The summed E-state index contributed by atoms with van der Waals surface area (Å²) in [5.74, 6) is 0.681. The van der Waals surface area contributed by atoms with Crippen LogP contribution in [0, 0.1) is 16.2 Å². The molecule has 20 heteroatoms. The van der Waals surface area contributed by atoms with Gasteiger partial charge in [-0.05, 0) is 47.3 Å². The van der Waals surface area contributed by atoms with Gasteiger partial charge in [-0.15, -0.1) is 12.4 Å². The Labute approximate surface area is 390 Å². The van der Waals surface area contributed by atoms with E-state index < -0.39 is 4.30 Å². The fourth-order valence-electron chi connectivity index (χ4n) is 3.05. The minimum atomic E-state index is -0.750. The van der Waals surface area contributed by atoms with Crippen molar-refractivity contribution in [2.45, 2.75) is 119 Å². The van der Waals surface area contributed by atoms with Gasteiger partial charge in [0.05, 0.1) is 22.6 Å². The van der Waals surface area contributed by atoms with E-state index in [-0.39, 0.29) is 71.3 Å². The lowest BCUT2D eigenvalue weighted by Gasteiger charge is -2.28. The summed E-state index contributed by atoms with van der Waals surface area (Å²) in [6, 6.07) is 1.89. The van der Waals surface area contributed by atoms with Gasteiger partial charge >= 0.3 is 0 Å². The molecule has 0 saturated heterocycles. The second-order valence-electron chi connectivity index (χ2n) is 17.1. The molecule has 0 fully saturated rings. The number of ketones is 2. The first-order chi connectivity index (χ1) is 25.7. The van der Waals surface area contributed by atoms with Gasteiger partial charge in [0.1, 0.15) is 5.78 Å². The van der Waals surface area contributed by atoms with Gasteiger partial charge in [0.2, 0.25) is 11.9 Å². The first-order valence-electron chi connectivity index (χ1n) is 17.9. The molecule has 0 unspecified atom stereocenters. The molecule has 60 heavy (non-hydrogen) atoms. The van der Waals surface area contributed by atoms with Crippen LogP contribution >= 0.6 is 58.8 Å². The van der Waals surface area contributed by atoms with Crippen LogP contribution in [-0.4, -0.2) is 112 Å². The third kappa shape index (κ3) is 46.3. The van der Waals surface area contributed by atoms with Crippen molar-refractivity contribution >= 4 is 88.2 Å². The van der Waals surface area contributed by atoms with Crippen molar-refractivity contribution in [3.8, 4) is 0 Å². The molecule has 2 rings (SSSR count). The van der Waals surface area contributed by atoms with Crippen molar-refractivity contribution in [2.24, 2.45) is 22.3 Å². The molecule has 2 heterocycles. The molecule has 0 aliphatic rings. The number of anilines is 2. The van der Waals surface area contributed by atoms with Crippen molar-refractivity contribution in [3.63, 3.8) is 0 Å². The average molecular weight is 955 g/mol. The summed E-state index contributed by atoms with van der Waals surface area (Å²) in [5.41, 5.74) is 21.2. The minimum absolute atomic E-state index is 0. The van der Waals surface area contributed by atoms with Gasteiger partial charge in [0, 0.05) is 55.3 Å². The maximum absolute atomic E-state index is 11.3. The van der Waals surface area contributed by atoms with Crippen LogP contribution in [0.2, 0.25) is 5.02 Å². The standard InChI is InChI=1S/C9H17NO.C8H12ClN3.C8H13N3.C6H16N2O.C6H12O.CHCl3.CH5N3.CH4.ClH/c1-9(2,3)8(11)6-7-10(4)5;1-8(2,3)6-5(9)4-11-7(10)12-6;1-8(2,3)6-4-5-10-7(9)11-6;1-7(2)6(9-5)8(3)4;1-5(7)6(2,3)4;2*2-1(3)4;;/h6-7H,1-5H3;4H,1-3H3,(H2,10,11,12);4-5H,1-3H3,(H2,9,10,11);6H,1-5H3;1-4H3;1H;(H5,2,3,4);1H4;1H/b7-6+;;;;;;;;. The van der Waals surface area contributed by atoms with Crippen molar-refractivity contribution in [1.29, 1.82) is 5.41 Å². The molecular weight excluding hydrogens is 874 g/mol. The third-order valence-corrected chi connectivity index (χ3v) is 6.61. The number of nitrogens with one attached hydrogen (secondary N) is 1. The van der Waals surface area contributed by atoms with E-state index in [2.05, 4.69) is 52.2 Å². The molecule has 9 N–H and O–H groups in total. The van der Waals surface area contributed by atoms with E-state index in [0.29, 0.717) is 11.0 Å². The summed E-state index contributed by atoms with van der Waals surface area (Å²) in [6.07, 6.45) is 6.69. The van der Waals surface area contributed by atoms with E-state index in [0.717, 1.165) is 11.4 Å². The molecule has 0 spiro atoms. The number of rotatable bonds is 5. The van der Waals surface area contributed by atoms with E-state index in [4.69, 9.17) is 68.0 Å². The number of halogens is 5. The Balaban J connectivity index is -0.000000112. The Morgan fingerprint density at radius 1 is 0.783 bits per heavy atom. The fraction of sp³-hybridized carbons (Fsp3) is 0.675. The van der Waals surface area contributed by atoms with E-state index >= 15 is 0 Å². The second-order valence-corrected chi connectivity index (χ2v) is 19.5. The number of hydrogen-bond acceptors (Lipinski definition) is 13. The lowest BCUT2D eigenvalue weighted by Crippen LogP contribution is -2.41. The zero-order chi connectivity index (χ0) is 47.6. The van der Waals surface area contributed by atoms with Crippen LogP contribution in [0.25, 0.3) is 0 Å². The number of carbonyl (C=O) groups excluding carboxylic acids is 2. The molecule has 2 aromatic heterocycles. The molecule has 0 aliphatic carbocycles. The van der Waals surface area contributed by atoms with Crippen molar-refractivity contribution in [1.82, 2.24) is 34.6 Å². The Morgan fingerprint density at radius 3 is 1.35 bits per heavy atom. The normalized spacial score (nSPS) is 10.8. The molecule has 0 aromatic carbocycles. The Hall–Kier alpha value is -2.76. The highest BCUT2D eigenvalue weighted by atomic mass is 35.6. The summed E-state index contributed by atoms with van der Waals surface area (Å²) in [4.78, 5) is 43.4. The van der Waals surface area contributed by atoms with Crippen LogP contribution in [0.1, 0.15) is 109 Å². The number of methoxy groups -OCH3 is 1. The number of alkyl halides is 3. The van der Waals surface area contributed by atoms with Gasteiger partial charge in [0.25, 0.3) is 0 Å². The molecule has 0 bridgehead atoms. The lowest BCUT2D eigenvalue weighted by molar-refractivity contribution is -0.124. The topological polar surface area (TPSA) is 233 Å². The third-order valence-electron chi connectivity index (χ3n) is 6.33. The summed E-state index contributed by atoms with van der Waals surface area (Å²) in [5, 5.41) is 6.62. The number of carbonyl (C=O) groups is 2. The number of Topliss-reactive ketones (excluding diaryl/α,β-unsaturated/α-hetero) is 1. The molecule has 0 aliphatic heterocycles. The van der Waals surface area contributed by atoms with E-state index in [1.165, 1.54) is 6.20 Å². The SMILES string of the molecule is C.CC(=O)C(C)(C)C.CC(C)(C)c1ccnc(N)n1.CC(C)(C)c1nc(N)ncc1Cl.CN(C)/C=C/C(=O)C(C)(C)C.COC(N(C)C)N(C)C.Cl.ClC(Cl)Cl.N=C(N)N. The van der Waals surface area contributed by atoms with Crippen LogP contribution in [0.15, 0.2) is 30.7 Å². The summed E-state index contributed by atoms with van der Waals surface area (Å²) >= 11 is 20.3. The van der Waals surface area contributed by atoms with Crippen LogP contribution < -0.4 is 22.9 Å². The quantitative estimate of drug-likeness (QED) is 0.0621. The molecule has 0 amide bonds. The van der Waals surface area contributed by atoms with Gasteiger partial charge in [-0.25, -0.2) is 19.9 Å². The zero-order valence-corrected chi connectivity index (χ0v) is 43.0. The fourth-order valence-corrected chi connectivity index (χ4v) is 3.42. The summed E-state index contributed by atoms with van der Waals surface area (Å²) < 4.78 is 4.38. The molecule has 0 saturated carbocycles. The predicted molar refractivity (Wildman–Crippen MR) is 262 cm³/mol. The maximum atomic E-state index is 11.3. The number of nitrogen functional groups attached to an aromatic ring is 2. The van der Waals surface area contributed by atoms with Gasteiger partial charge in [-0.1, -0.05) is 137 Å². The summed E-state index contributed by atoms with van der Waals surface area (Å²) in [7, 11) is 13.4. The average Bonchev–Trinajstić information content (AvgIpc) is 3.00.